The Kier molecular flexibility index (Phi) is 6.30. The van der Waals surface area contributed by atoms with Gasteiger partial charge in [0.25, 0.3) is 0 Å². The average Bonchev–Trinajstić information content (AvgIpc) is 2.53. The number of rotatable bonds is 4. The molecule has 2 rings (SSSR count). The Morgan fingerprint density at radius 3 is 2.04 bits per heavy atom. The molecule has 0 bridgehead atoms. The molecule has 2 heterocycles. The van der Waals surface area contributed by atoms with E-state index in [-0.39, 0.29) is 0 Å². The summed E-state index contributed by atoms with van der Waals surface area (Å²) in [6.45, 7) is 1.01. The number of ether oxygens (including phenoxy) is 4. The number of hydrogen-bond donors (Lipinski definition) is 6. The van der Waals surface area contributed by atoms with Crippen LogP contribution in [0, 0.1) is 0 Å². The second-order valence-corrected chi connectivity index (χ2v) is 5.72. The summed E-state index contributed by atoms with van der Waals surface area (Å²) >= 11 is 0. The zero-order valence-corrected chi connectivity index (χ0v) is 12.8. The molecule has 2 fully saturated rings. The molecule has 6 N–H and O–H groups in total. The molecule has 10 heteroatoms. The van der Waals surface area contributed by atoms with Crippen molar-refractivity contribution in [1.82, 2.24) is 0 Å². The zero-order valence-electron chi connectivity index (χ0n) is 12.8. The second kappa shape index (κ2) is 7.66. The number of aliphatic hydroxyl groups is 6. The summed E-state index contributed by atoms with van der Waals surface area (Å²) in [4.78, 5) is 0. The van der Waals surface area contributed by atoms with Crippen molar-refractivity contribution in [2.75, 3.05) is 13.7 Å². The Bertz CT molecular complexity index is 380. The van der Waals surface area contributed by atoms with Crippen molar-refractivity contribution in [2.45, 2.75) is 68.3 Å². The summed E-state index contributed by atoms with van der Waals surface area (Å²) in [6, 6.07) is 0. The Morgan fingerprint density at radius 2 is 1.48 bits per heavy atom. The minimum atomic E-state index is -1.60. The highest BCUT2D eigenvalue weighted by Gasteiger charge is 2.49. The molecule has 23 heavy (non-hydrogen) atoms. The molecule has 0 aromatic rings. The number of aliphatic hydroxyl groups excluding tert-OH is 6. The van der Waals surface area contributed by atoms with Gasteiger partial charge >= 0.3 is 0 Å². The van der Waals surface area contributed by atoms with Crippen molar-refractivity contribution in [1.29, 1.82) is 0 Å². The first-order valence-electron chi connectivity index (χ1n) is 7.32. The molecule has 10 nitrogen and oxygen atoms in total. The van der Waals surface area contributed by atoms with Crippen molar-refractivity contribution >= 4 is 0 Å². The maximum atomic E-state index is 10.1. The van der Waals surface area contributed by atoms with E-state index in [1.807, 2.05) is 0 Å². The van der Waals surface area contributed by atoms with Crippen LogP contribution in [-0.4, -0.2) is 106 Å². The normalized spacial score (nSPS) is 51.7. The van der Waals surface area contributed by atoms with Crippen LogP contribution >= 0.6 is 0 Å². The highest BCUT2D eigenvalue weighted by atomic mass is 16.7. The van der Waals surface area contributed by atoms with E-state index in [0.717, 1.165) is 0 Å². The van der Waals surface area contributed by atoms with Crippen LogP contribution in [0.25, 0.3) is 0 Å². The van der Waals surface area contributed by atoms with Crippen molar-refractivity contribution < 1.29 is 49.6 Å². The summed E-state index contributed by atoms with van der Waals surface area (Å²) in [7, 11) is 1.30. The van der Waals surface area contributed by atoms with E-state index in [4.69, 9.17) is 18.9 Å². The Hall–Kier alpha value is -0.400. The van der Waals surface area contributed by atoms with Crippen LogP contribution in [0.5, 0.6) is 0 Å². The molecule has 2 saturated heterocycles. The predicted octanol–water partition coefficient (Wildman–Crippen LogP) is -3.72. The van der Waals surface area contributed by atoms with Gasteiger partial charge in [-0.1, -0.05) is 0 Å². The van der Waals surface area contributed by atoms with Crippen LogP contribution in [0.1, 0.15) is 6.92 Å². The van der Waals surface area contributed by atoms with Crippen LogP contribution in [-0.2, 0) is 18.9 Å². The largest absolute Gasteiger partial charge is 0.394 e. The maximum Gasteiger partial charge on any atom is 0.187 e. The fraction of sp³-hybridized carbons (Fsp3) is 1.00. The molecule has 0 saturated carbocycles. The van der Waals surface area contributed by atoms with Gasteiger partial charge in [0, 0.05) is 7.11 Å². The summed E-state index contributed by atoms with van der Waals surface area (Å²) in [5.41, 5.74) is 0. The van der Waals surface area contributed by atoms with E-state index in [9.17, 15) is 30.6 Å². The Morgan fingerprint density at radius 1 is 0.870 bits per heavy atom. The van der Waals surface area contributed by atoms with Gasteiger partial charge in [0.15, 0.2) is 12.6 Å². The fourth-order valence-corrected chi connectivity index (χ4v) is 2.82. The summed E-state index contributed by atoms with van der Waals surface area (Å²) in [5.74, 6) is 0. The van der Waals surface area contributed by atoms with Crippen LogP contribution < -0.4 is 0 Å². The maximum absolute atomic E-state index is 10.1. The molecule has 0 aliphatic carbocycles. The third-order valence-corrected chi connectivity index (χ3v) is 4.18. The van der Waals surface area contributed by atoms with E-state index in [1.165, 1.54) is 14.0 Å². The van der Waals surface area contributed by atoms with Crippen molar-refractivity contribution in [2.24, 2.45) is 0 Å². The van der Waals surface area contributed by atoms with Crippen molar-refractivity contribution in [3.05, 3.63) is 0 Å². The molecule has 0 aromatic carbocycles. The molecular weight excluding hydrogens is 316 g/mol. The average molecular weight is 340 g/mol. The molecule has 10 atom stereocenters. The van der Waals surface area contributed by atoms with Crippen LogP contribution in [0.2, 0.25) is 0 Å². The summed E-state index contributed by atoms with van der Waals surface area (Å²) in [6.07, 6.45) is -12.8. The van der Waals surface area contributed by atoms with Crippen LogP contribution in [0.3, 0.4) is 0 Å². The number of methoxy groups -OCH3 is 1. The molecule has 0 spiro atoms. The minimum absolute atomic E-state index is 0.483. The SMILES string of the molecule is CO[C@H]1[C@H](O)[C@@H](O)[C@H](O[C@H]2[C@H](O)[C@@H](O)[C@@H](O)O[C@@H]2C)O[C@@H]1CO. The third-order valence-electron chi connectivity index (χ3n) is 4.18. The van der Waals surface area contributed by atoms with Gasteiger partial charge < -0.3 is 49.6 Å². The smallest absolute Gasteiger partial charge is 0.187 e. The summed E-state index contributed by atoms with van der Waals surface area (Å²) < 4.78 is 20.8. The lowest BCUT2D eigenvalue weighted by molar-refractivity contribution is -0.352. The fourth-order valence-electron chi connectivity index (χ4n) is 2.82. The van der Waals surface area contributed by atoms with Crippen LogP contribution in [0.15, 0.2) is 0 Å². The standard InChI is InChI=1S/C13H24O10/c1-4-10(6(15)8(17)12(19)21-4)23-13-9(18)7(16)11(20-2)5(3-14)22-13/h4-19H,3H2,1-2H3/t4-,5-,6-,7-,8-,9-,10-,11-,12+,13+/m1/s1. The minimum Gasteiger partial charge on any atom is -0.394 e. The molecule has 2 aliphatic rings. The first kappa shape index (κ1) is 18.9. The van der Waals surface area contributed by atoms with E-state index in [0.29, 0.717) is 0 Å². The van der Waals surface area contributed by atoms with Crippen LogP contribution in [0.4, 0.5) is 0 Å². The monoisotopic (exact) mass is 340 g/mol. The molecule has 0 unspecified atom stereocenters. The van der Waals surface area contributed by atoms with E-state index < -0.39 is 68.0 Å². The quantitative estimate of drug-likeness (QED) is 0.300. The van der Waals surface area contributed by atoms with Gasteiger partial charge in [-0.2, -0.15) is 0 Å². The first-order chi connectivity index (χ1) is 10.8. The first-order valence-corrected chi connectivity index (χ1v) is 7.32. The third kappa shape index (κ3) is 3.66. The lowest BCUT2D eigenvalue weighted by Gasteiger charge is -2.45. The highest BCUT2D eigenvalue weighted by Crippen LogP contribution is 2.29. The van der Waals surface area contributed by atoms with E-state index in [2.05, 4.69) is 0 Å². The molecule has 0 amide bonds. The van der Waals surface area contributed by atoms with Gasteiger partial charge in [0.2, 0.25) is 0 Å². The molecular formula is C13H24O10. The Labute approximate surface area is 132 Å². The zero-order chi connectivity index (χ0) is 17.3. The molecule has 0 aromatic heterocycles. The molecule has 0 radical (unpaired) electrons. The Balaban J connectivity index is 2.09. The predicted molar refractivity (Wildman–Crippen MR) is 72.0 cm³/mol. The second-order valence-electron chi connectivity index (χ2n) is 5.72. The molecule has 2 aliphatic heterocycles. The lowest BCUT2D eigenvalue weighted by Crippen LogP contribution is -2.63. The van der Waals surface area contributed by atoms with Gasteiger partial charge in [0.05, 0.1) is 12.7 Å². The van der Waals surface area contributed by atoms with Gasteiger partial charge in [0.1, 0.15) is 42.7 Å². The van der Waals surface area contributed by atoms with E-state index in [1.54, 1.807) is 0 Å². The van der Waals surface area contributed by atoms with Gasteiger partial charge in [-0.15, -0.1) is 0 Å². The number of hydrogen-bond acceptors (Lipinski definition) is 10. The molecule has 136 valence electrons. The van der Waals surface area contributed by atoms with Crippen molar-refractivity contribution in [3.8, 4) is 0 Å². The lowest BCUT2D eigenvalue weighted by atomic mass is 9.97. The van der Waals surface area contributed by atoms with Gasteiger partial charge in [-0.25, -0.2) is 0 Å². The summed E-state index contributed by atoms with van der Waals surface area (Å²) in [5, 5.41) is 58.5. The van der Waals surface area contributed by atoms with Crippen molar-refractivity contribution in [3.63, 3.8) is 0 Å². The van der Waals surface area contributed by atoms with E-state index >= 15 is 0 Å². The van der Waals surface area contributed by atoms with Gasteiger partial charge in [-0.05, 0) is 6.92 Å². The topological polar surface area (TPSA) is 158 Å². The highest BCUT2D eigenvalue weighted by molar-refractivity contribution is 4.93. The van der Waals surface area contributed by atoms with Gasteiger partial charge in [-0.3, -0.25) is 0 Å².